The number of rotatable bonds is 2. The molecule has 0 saturated carbocycles. The lowest BCUT2D eigenvalue weighted by Crippen LogP contribution is -2.38. The molecule has 1 aliphatic rings. The van der Waals surface area contributed by atoms with Gasteiger partial charge in [0.25, 0.3) is 11.5 Å². The van der Waals surface area contributed by atoms with E-state index in [1.54, 1.807) is 31.5 Å². The quantitative estimate of drug-likeness (QED) is 0.776. The van der Waals surface area contributed by atoms with E-state index >= 15 is 0 Å². The number of piperidine rings is 1. The normalized spacial score (nSPS) is 17.8. The van der Waals surface area contributed by atoms with Crippen LogP contribution in [0.3, 0.4) is 0 Å². The number of amides is 1. The Bertz CT molecular complexity index is 976. The highest BCUT2D eigenvalue weighted by Gasteiger charge is 2.30. The summed E-state index contributed by atoms with van der Waals surface area (Å²) in [6.07, 6.45) is 6.11. The number of nitrogens with one attached hydrogen (secondary N) is 1. The van der Waals surface area contributed by atoms with Crippen LogP contribution in [0.15, 0.2) is 41.5 Å². The average molecular weight is 337 g/mol. The van der Waals surface area contributed by atoms with Gasteiger partial charge >= 0.3 is 0 Å². The summed E-state index contributed by atoms with van der Waals surface area (Å²) in [6, 6.07) is 6.81. The van der Waals surface area contributed by atoms with Crippen LogP contribution in [0.25, 0.3) is 5.65 Å². The first kappa shape index (κ1) is 15.6. The van der Waals surface area contributed by atoms with E-state index in [9.17, 15) is 9.59 Å². The number of fused-ring (bicyclic) bond motifs is 1. The molecule has 1 fully saturated rings. The van der Waals surface area contributed by atoms with Crippen LogP contribution in [-0.2, 0) is 0 Å². The van der Waals surface area contributed by atoms with Gasteiger partial charge in [0.2, 0.25) is 0 Å². The van der Waals surface area contributed by atoms with Crippen LogP contribution in [-0.4, -0.2) is 36.9 Å². The highest BCUT2D eigenvalue weighted by Crippen LogP contribution is 2.31. The van der Waals surface area contributed by atoms with Crippen LogP contribution in [0.1, 0.15) is 47.1 Å². The highest BCUT2D eigenvalue weighted by atomic mass is 16.2. The van der Waals surface area contributed by atoms with Crippen molar-refractivity contribution in [1.82, 2.24) is 24.5 Å². The lowest BCUT2D eigenvalue weighted by molar-refractivity contribution is 0.0605. The lowest BCUT2D eigenvalue weighted by Gasteiger charge is -2.35. The number of pyridine rings is 1. The molecule has 7 nitrogen and oxygen atoms in total. The van der Waals surface area contributed by atoms with Gasteiger partial charge in [0.1, 0.15) is 0 Å². The van der Waals surface area contributed by atoms with E-state index in [1.807, 2.05) is 11.0 Å². The number of likely N-dealkylation sites (tertiary alicyclic amines) is 1. The SMILES string of the molecule is Cc1cc(=O)n2[nH]c([C@H]3CCCCN3C(=O)c3cccnc3)cc2n1. The van der Waals surface area contributed by atoms with E-state index in [2.05, 4.69) is 15.1 Å². The number of carbonyl (C=O) groups excluding carboxylic acids is 1. The van der Waals surface area contributed by atoms with Gasteiger partial charge in [0, 0.05) is 36.8 Å². The number of hydrogen-bond donors (Lipinski definition) is 1. The molecule has 1 aliphatic heterocycles. The zero-order valence-corrected chi connectivity index (χ0v) is 14.0. The largest absolute Gasteiger partial charge is 0.330 e. The van der Waals surface area contributed by atoms with Gasteiger partial charge in [-0.3, -0.25) is 19.7 Å². The first-order chi connectivity index (χ1) is 12.1. The Morgan fingerprint density at radius 2 is 2.20 bits per heavy atom. The molecule has 25 heavy (non-hydrogen) atoms. The van der Waals surface area contributed by atoms with Crippen molar-refractivity contribution in [2.24, 2.45) is 0 Å². The Hall–Kier alpha value is -2.96. The van der Waals surface area contributed by atoms with Gasteiger partial charge in [0.05, 0.1) is 17.3 Å². The first-order valence-corrected chi connectivity index (χ1v) is 8.44. The van der Waals surface area contributed by atoms with E-state index in [4.69, 9.17) is 0 Å². The molecule has 4 heterocycles. The minimum absolute atomic E-state index is 0.0343. The van der Waals surface area contributed by atoms with Crippen molar-refractivity contribution in [3.05, 3.63) is 64.0 Å². The summed E-state index contributed by atoms with van der Waals surface area (Å²) in [7, 11) is 0. The molecular weight excluding hydrogens is 318 g/mol. The maximum Gasteiger partial charge on any atom is 0.272 e. The molecule has 7 heteroatoms. The van der Waals surface area contributed by atoms with Gasteiger partial charge in [-0.25, -0.2) is 9.50 Å². The first-order valence-electron chi connectivity index (χ1n) is 8.44. The third-order valence-corrected chi connectivity index (χ3v) is 4.63. The smallest absolute Gasteiger partial charge is 0.272 e. The molecule has 0 aromatic carbocycles. The number of nitrogens with zero attached hydrogens (tertiary/aromatic N) is 4. The molecule has 0 unspecified atom stereocenters. The fourth-order valence-electron chi connectivity index (χ4n) is 3.45. The second kappa shape index (κ2) is 6.16. The van der Waals surface area contributed by atoms with E-state index in [-0.39, 0.29) is 17.5 Å². The maximum absolute atomic E-state index is 12.9. The molecule has 0 bridgehead atoms. The third-order valence-electron chi connectivity index (χ3n) is 4.63. The van der Waals surface area contributed by atoms with Crippen molar-refractivity contribution in [2.75, 3.05) is 6.54 Å². The maximum atomic E-state index is 12.9. The number of H-pyrrole nitrogens is 1. The highest BCUT2D eigenvalue weighted by molar-refractivity contribution is 5.94. The summed E-state index contributed by atoms with van der Waals surface area (Å²) in [5.41, 5.74) is 2.54. The van der Waals surface area contributed by atoms with Gasteiger partial charge in [0.15, 0.2) is 5.65 Å². The molecule has 0 spiro atoms. The molecule has 128 valence electrons. The van der Waals surface area contributed by atoms with Gasteiger partial charge < -0.3 is 4.90 Å². The Kier molecular flexibility index (Phi) is 3.83. The van der Waals surface area contributed by atoms with Crippen molar-refractivity contribution in [1.29, 1.82) is 0 Å². The molecule has 1 amide bonds. The second-order valence-corrected chi connectivity index (χ2v) is 6.39. The summed E-state index contributed by atoms with van der Waals surface area (Å²) in [5, 5.41) is 3.13. The zero-order chi connectivity index (χ0) is 17.4. The van der Waals surface area contributed by atoms with Crippen LogP contribution < -0.4 is 5.56 Å². The topological polar surface area (TPSA) is 83.4 Å². The molecule has 1 atom stereocenters. The molecule has 4 rings (SSSR count). The summed E-state index contributed by atoms with van der Waals surface area (Å²) in [6.45, 7) is 2.49. The Morgan fingerprint density at radius 1 is 1.32 bits per heavy atom. The molecule has 0 radical (unpaired) electrons. The summed E-state index contributed by atoms with van der Waals surface area (Å²) >= 11 is 0. The van der Waals surface area contributed by atoms with Crippen molar-refractivity contribution in [3.8, 4) is 0 Å². The van der Waals surface area contributed by atoms with E-state index in [0.29, 0.717) is 23.4 Å². The number of aromatic amines is 1. The van der Waals surface area contributed by atoms with Gasteiger partial charge in [-0.2, -0.15) is 0 Å². The lowest BCUT2D eigenvalue weighted by atomic mass is 9.98. The minimum atomic E-state index is -0.144. The van der Waals surface area contributed by atoms with E-state index < -0.39 is 0 Å². The predicted octanol–water partition coefficient (Wildman–Crippen LogP) is 2.09. The second-order valence-electron chi connectivity index (χ2n) is 6.39. The van der Waals surface area contributed by atoms with Crippen molar-refractivity contribution in [2.45, 2.75) is 32.2 Å². The Morgan fingerprint density at radius 3 is 3.00 bits per heavy atom. The van der Waals surface area contributed by atoms with Crippen molar-refractivity contribution < 1.29 is 4.79 Å². The molecule has 0 aliphatic carbocycles. The standard InChI is InChI=1S/C18H19N5O2/c1-12-9-17(24)23-16(20-12)10-14(21-23)15-6-2-3-8-22(15)18(25)13-5-4-7-19-11-13/h4-5,7,9-11,15,21H,2-3,6,8H2,1H3/t15-/m1/s1. The Balaban J connectivity index is 1.73. The molecule has 3 aromatic rings. The molecule has 1 N–H and O–H groups in total. The average Bonchev–Trinajstić information content (AvgIpc) is 3.06. The third kappa shape index (κ3) is 2.82. The molecule has 3 aromatic heterocycles. The molecule has 1 saturated heterocycles. The van der Waals surface area contributed by atoms with Crippen LogP contribution in [0.4, 0.5) is 0 Å². The van der Waals surface area contributed by atoms with Crippen LogP contribution in [0.2, 0.25) is 0 Å². The molecular formula is C18H19N5O2. The minimum Gasteiger partial charge on any atom is -0.330 e. The fourth-order valence-corrected chi connectivity index (χ4v) is 3.45. The number of carbonyl (C=O) groups is 1. The van der Waals surface area contributed by atoms with E-state index in [1.165, 1.54) is 10.6 Å². The van der Waals surface area contributed by atoms with Gasteiger partial charge in [-0.1, -0.05) is 0 Å². The van der Waals surface area contributed by atoms with Gasteiger partial charge in [-0.15, -0.1) is 0 Å². The number of aryl methyl sites for hydroxylation is 1. The van der Waals surface area contributed by atoms with Crippen LogP contribution >= 0.6 is 0 Å². The summed E-state index contributed by atoms with van der Waals surface area (Å²) in [5.74, 6) is -0.0343. The van der Waals surface area contributed by atoms with Crippen molar-refractivity contribution in [3.63, 3.8) is 0 Å². The number of aromatic nitrogens is 4. The monoisotopic (exact) mass is 337 g/mol. The van der Waals surface area contributed by atoms with E-state index in [0.717, 1.165) is 25.0 Å². The van der Waals surface area contributed by atoms with Gasteiger partial charge in [-0.05, 0) is 38.3 Å². The van der Waals surface area contributed by atoms with Crippen LogP contribution in [0.5, 0.6) is 0 Å². The summed E-state index contributed by atoms with van der Waals surface area (Å²) in [4.78, 5) is 35.3. The number of hydrogen-bond acceptors (Lipinski definition) is 4. The summed E-state index contributed by atoms with van der Waals surface area (Å²) < 4.78 is 1.43. The van der Waals surface area contributed by atoms with Crippen molar-refractivity contribution >= 4 is 11.6 Å². The zero-order valence-electron chi connectivity index (χ0n) is 14.0. The fraction of sp³-hybridized carbons (Fsp3) is 0.333. The van der Waals surface area contributed by atoms with Crippen LogP contribution in [0, 0.1) is 6.92 Å². The Labute approximate surface area is 144 Å². The predicted molar refractivity (Wildman–Crippen MR) is 92.4 cm³/mol.